The molecule has 4 rings (SSSR count). The number of alkyl halides is 3. The molecule has 0 atom stereocenters. The van der Waals surface area contributed by atoms with Gasteiger partial charge in [0, 0.05) is 35.8 Å². The predicted octanol–water partition coefficient (Wildman–Crippen LogP) is 9.63. The van der Waals surface area contributed by atoms with Crippen molar-refractivity contribution in [1.82, 2.24) is 14.5 Å². The standard InChI is InChI=1S/C32H34ClF4N3/c1-3-5-18-39(21-23-12-17-28(34)27(20-23)32(35,36)37)22-29-30(24-13-15-26(33)16-14-24)38-31(40(29)19-6-4-2)25-10-8-7-9-11-25/h7-17,20H,3-6,18-19,21-22H2,1-2H3. The first-order chi connectivity index (χ1) is 19.2. The van der Waals surface area contributed by atoms with Gasteiger partial charge >= 0.3 is 6.18 Å². The molecule has 1 aromatic heterocycles. The van der Waals surface area contributed by atoms with Crippen molar-refractivity contribution in [2.75, 3.05) is 6.54 Å². The normalized spacial score (nSPS) is 11.9. The highest BCUT2D eigenvalue weighted by Crippen LogP contribution is 2.34. The zero-order valence-corrected chi connectivity index (χ0v) is 23.6. The summed E-state index contributed by atoms with van der Waals surface area (Å²) in [6.07, 6.45) is -0.998. The lowest BCUT2D eigenvalue weighted by molar-refractivity contribution is -0.140. The minimum atomic E-state index is -4.75. The average Bonchev–Trinajstić information content (AvgIpc) is 3.29. The van der Waals surface area contributed by atoms with Crippen LogP contribution in [0.25, 0.3) is 22.6 Å². The molecule has 0 N–H and O–H groups in total. The fourth-order valence-corrected chi connectivity index (χ4v) is 4.93. The third-order valence-corrected chi connectivity index (χ3v) is 7.15. The molecule has 0 bridgehead atoms. The van der Waals surface area contributed by atoms with Gasteiger partial charge in [-0.2, -0.15) is 13.2 Å². The Balaban J connectivity index is 1.80. The molecule has 8 heteroatoms. The number of imidazole rings is 1. The molecule has 0 saturated carbocycles. The van der Waals surface area contributed by atoms with E-state index in [-0.39, 0.29) is 6.54 Å². The summed E-state index contributed by atoms with van der Waals surface area (Å²) in [5.41, 5.74) is 2.91. The van der Waals surface area contributed by atoms with E-state index in [4.69, 9.17) is 16.6 Å². The highest BCUT2D eigenvalue weighted by Gasteiger charge is 2.34. The fraction of sp³-hybridized carbons (Fsp3) is 0.344. The minimum Gasteiger partial charge on any atom is -0.326 e. The summed E-state index contributed by atoms with van der Waals surface area (Å²) in [5.74, 6) is -0.405. The van der Waals surface area contributed by atoms with E-state index >= 15 is 0 Å². The van der Waals surface area contributed by atoms with E-state index in [0.29, 0.717) is 23.7 Å². The van der Waals surface area contributed by atoms with Gasteiger partial charge in [0.15, 0.2) is 0 Å². The topological polar surface area (TPSA) is 21.1 Å². The first kappa shape index (κ1) is 29.8. The van der Waals surface area contributed by atoms with E-state index in [2.05, 4.69) is 23.3 Å². The van der Waals surface area contributed by atoms with Crippen LogP contribution in [-0.2, 0) is 25.8 Å². The van der Waals surface area contributed by atoms with Gasteiger partial charge in [-0.25, -0.2) is 9.37 Å². The quantitative estimate of drug-likeness (QED) is 0.158. The van der Waals surface area contributed by atoms with E-state index < -0.39 is 17.6 Å². The van der Waals surface area contributed by atoms with Crippen molar-refractivity contribution < 1.29 is 17.6 Å². The second kappa shape index (κ2) is 13.5. The Labute approximate surface area is 238 Å². The summed E-state index contributed by atoms with van der Waals surface area (Å²) in [7, 11) is 0. The molecule has 1 heterocycles. The first-order valence-corrected chi connectivity index (χ1v) is 14.1. The number of hydrogen-bond donors (Lipinski definition) is 0. The summed E-state index contributed by atoms with van der Waals surface area (Å²) >= 11 is 6.19. The first-order valence-electron chi connectivity index (χ1n) is 13.7. The van der Waals surface area contributed by atoms with Crippen LogP contribution < -0.4 is 0 Å². The van der Waals surface area contributed by atoms with Gasteiger partial charge in [-0.1, -0.05) is 86.8 Å². The van der Waals surface area contributed by atoms with Crippen LogP contribution >= 0.6 is 11.6 Å². The molecule has 0 aliphatic rings. The van der Waals surface area contributed by atoms with Crippen molar-refractivity contribution in [3.8, 4) is 22.6 Å². The maximum Gasteiger partial charge on any atom is 0.419 e. The number of aromatic nitrogens is 2. The summed E-state index contributed by atoms with van der Waals surface area (Å²) < 4.78 is 56.6. The molecule has 212 valence electrons. The molecule has 4 aromatic rings. The molecule has 3 nitrogen and oxygen atoms in total. The van der Waals surface area contributed by atoms with Gasteiger partial charge < -0.3 is 4.57 Å². The number of halogens is 5. The van der Waals surface area contributed by atoms with Gasteiger partial charge in [-0.15, -0.1) is 0 Å². The highest BCUT2D eigenvalue weighted by molar-refractivity contribution is 6.30. The van der Waals surface area contributed by atoms with Gasteiger partial charge in [-0.3, -0.25) is 4.90 Å². The number of rotatable bonds is 12. The lowest BCUT2D eigenvalue weighted by atomic mass is 10.1. The Morgan fingerprint density at radius 2 is 1.55 bits per heavy atom. The second-order valence-electron chi connectivity index (χ2n) is 9.98. The zero-order chi connectivity index (χ0) is 28.7. The van der Waals surface area contributed by atoms with Crippen LogP contribution in [0.5, 0.6) is 0 Å². The van der Waals surface area contributed by atoms with Gasteiger partial charge in [0.2, 0.25) is 0 Å². The summed E-state index contributed by atoms with van der Waals surface area (Å²) in [5, 5.41) is 0.625. The fourth-order valence-electron chi connectivity index (χ4n) is 4.80. The lowest BCUT2D eigenvalue weighted by Gasteiger charge is -2.25. The third-order valence-electron chi connectivity index (χ3n) is 6.90. The molecule has 0 aliphatic carbocycles. The van der Waals surface area contributed by atoms with Crippen molar-refractivity contribution in [3.63, 3.8) is 0 Å². The van der Waals surface area contributed by atoms with Gasteiger partial charge in [0.1, 0.15) is 11.6 Å². The van der Waals surface area contributed by atoms with E-state index in [1.54, 1.807) is 0 Å². The predicted molar refractivity (Wildman–Crippen MR) is 153 cm³/mol. The Kier molecular flexibility index (Phi) is 10.0. The van der Waals surface area contributed by atoms with Crippen molar-refractivity contribution in [2.24, 2.45) is 0 Å². The van der Waals surface area contributed by atoms with E-state index in [1.165, 1.54) is 6.07 Å². The molecule has 0 amide bonds. The van der Waals surface area contributed by atoms with Crippen molar-refractivity contribution in [3.05, 3.63) is 100 Å². The van der Waals surface area contributed by atoms with Crippen molar-refractivity contribution >= 4 is 11.6 Å². The molecular weight excluding hydrogens is 538 g/mol. The number of benzene rings is 3. The monoisotopic (exact) mass is 571 g/mol. The Hall–Kier alpha value is -3.16. The summed E-state index contributed by atoms with van der Waals surface area (Å²) in [6, 6.07) is 20.8. The highest BCUT2D eigenvalue weighted by atomic mass is 35.5. The van der Waals surface area contributed by atoms with Crippen LogP contribution in [0.15, 0.2) is 72.8 Å². The van der Waals surface area contributed by atoms with Gasteiger partial charge in [0.25, 0.3) is 0 Å². The Bertz CT molecular complexity index is 1380. The molecule has 0 spiro atoms. The number of nitrogens with zero attached hydrogens (tertiary/aromatic N) is 3. The summed E-state index contributed by atoms with van der Waals surface area (Å²) in [4.78, 5) is 7.26. The Morgan fingerprint density at radius 1 is 0.850 bits per heavy atom. The molecule has 3 aromatic carbocycles. The maximum atomic E-state index is 14.0. The van der Waals surface area contributed by atoms with Crippen LogP contribution in [0.4, 0.5) is 17.6 Å². The van der Waals surface area contributed by atoms with Crippen molar-refractivity contribution in [2.45, 2.75) is 65.3 Å². The maximum absolute atomic E-state index is 14.0. The molecule has 0 unspecified atom stereocenters. The average molecular weight is 572 g/mol. The van der Waals surface area contributed by atoms with Crippen LogP contribution in [0, 0.1) is 5.82 Å². The van der Waals surface area contributed by atoms with E-state index in [0.717, 1.165) is 72.7 Å². The van der Waals surface area contributed by atoms with Crippen LogP contribution in [0.2, 0.25) is 5.02 Å². The van der Waals surface area contributed by atoms with Crippen LogP contribution in [0.1, 0.15) is 56.4 Å². The molecule has 40 heavy (non-hydrogen) atoms. The molecule has 0 saturated heterocycles. The Morgan fingerprint density at radius 3 is 2.20 bits per heavy atom. The minimum absolute atomic E-state index is 0.253. The second-order valence-corrected chi connectivity index (χ2v) is 10.4. The zero-order valence-electron chi connectivity index (χ0n) is 22.8. The van der Waals surface area contributed by atoms with Gasteiger partial charge in [0.05, 0.1) is 17.0 Å². The molecule has 0 radical (unpaired) electrons. The summed E-state index contributed by atoms with van der Waals surface area (Å²) in [6.45, 7) is 6.38. The number of hydrogen-bond acceptors (Lipinski definition) is 2. The SMILES string of the molecule is CCCCN(Cc1ccc(F)c(C(F)(F)F)c1)Cc1c(-c2ccc(Cl)cc2)nc(-c2ccccc2)n1CCCC. The molecule has 0 fully saturated rings. The number of unbranched alkanes of at least 4 members (excludes halogenated alkanes) is 2. The molecule has 0 aliphatic heterocycles. The van der Waals surface area contributed by atoms with Crippen molar-refractivity contribution in [1.29, 1.82) is 0 Å². The third kappa shape index (κ3) is 7.32. The lowest BCUT2D eigenvalue weighted by Crippen LogP contribution is -2.26. The molecular formula is C32H34ClF4N3. The smallest absolute Gasteiger partial charge is 0.326 e. The van der Waals surface area contributed by atoms with E-state index in [9.17, 15) is 17.6 Å². The largest absolute Gasteiger partial charge is 0.419 e. The van der Waals surface area contributed by atoms with Crippen LogP contribution in [0.3, 0.4) is 0 Å². The van der Waals surface area contributed by atoms with Gasteiger partial charge in [-0.05, 0) is 49.2 Å². The van der Waals surface area contributed by atoms with E-state index in [1.807, 2.05) is 54.6 Å². The van der Waals surface area contributed by atoms with Crippen LogP contribution in [-0.4, -0.2) is 21.0 Å².